The van der Waals surface area contributed by atoms with E-state index in [0.717, 1.165) is 51.4 Å². The van der Waals surface area contributed by atoms with Gasteiger partial charge in [-0.25, -0.2) is 0 Å². The Hall–Kier alpha value is -4.94. The van der Waals surface area contributed by atoms with Crippen LogP contribution in [-0.2, 0) is 60.6 Å². The number of nitrogens with two attached hydrogens (primary N) is 1. The van der Waals surface area contributed by atoms with E-state index in [1.165, 1.54) is 18.2 Å². The van der Waals surface area contributed by atoms with Crippen LogP contribution in [-0.4, -0.2) is 148 Å². The van der Waals surface area contributed by atoms with E-state index < -0.39 is 73.6 Å². The summed E-state index contributed by atoms with van der Waals surface area (Å²) in [6.45, 7) is 1.84. The summed E-state index contributed by atoms with van der Waals surface area (Å²) in [7, 11) is 3.15. The molecule has 0 radical (unpaired) electrons. The SMILES string of the molecule is CN[C@@H](C)C(=O)N[C@H]1COC(=O)CCC(=O)OC[C@H](NC(=O)[C@H](N)NC)C(=O)N2C[C@@H](OCCO[C@@H]3CN(C1=O)[C@@H]1CC(CCc4ccccc4)C[C@@H]13)[C@H]1CC(CCc3ccccc3)C[C@H]12. The van der Waals surface area contributed by atoms with E-state index in [1.807, 2.05) is 41.3 Å². The van der Waals surface area contributed by atoms with E-state index in [1.54, 1.807) is 18.9 Å². The van der Waals surface area contributed by atoms with Crippen LogP contribution in [0.3, 0.4) is 0 Å². The third kappa shape index (κ3) is 12.3. The number of benzene rings is 2. The molecule has 17 heteroatoms. The second-order valence-corrected chi connectivity index (χ2v) is 18.8. The first-order valence-corrected chi connectivity index (χ1v) is 23.9. The van der Waals surface area contributed by atoms with Crippen LogP contribution < -0.4 is 27.0 Å². The van der Waals surface area contributed by atoms with Gasteiger partial charge in [0.1, 0.15) is 31.5 Å². The van der Waals surface area contributed by atoms with Crippen molar-refractivity contribution in [3.05, 3.63) is 71.8 Å². The zero-order valence-electron chi connectivity index (χ0n) is 38.6. The number of aryl methyl sites for hydroxylation is 2. The Labute approximate surface area is 387 Å². The molecule has 2 aliphatic carbocycles. The lowest BCUT2D eigenvalue weighted by Gasteiger charge is -2.30. The molecule has 3 heterocycles. The fraction of sp³-hybridized carbons (Fsp3) is 0.633. The second-order valence-electron chi connectivity index (χ2n) is 18.8. The number of esters is 2. The van der Waals surface area contributed by atoms with Crippen molar-refractivity contribution in [1.29, 1.82) is 0 Å². The number of hydrogen-bond acceptors (Lipinski definition) is 13. The summed E-state index contributed by atoms with van der Waals surface area (Å²) in [6, 6.07) is 17.3. The largest absolute Gasteiger partial charge is 0.463 e. The van der Waals surface area contributed by atoms with Crippen LogP contribution >= 0.6 is 0 Å². The number of fused-ring (bicyclic) bond motifs is 10. The minimum Gasteiger partial charge on any atom is -0.463 e. The molecule has 3 saturated heterocycles. The number of hydrogen-bond donors (Lipinski definition) is 5. The molecular formula is C49H69N7O10. The molecule has 0 spiro atoms. The lowest BCUT2D eigenvalue weighted by atomic mass is 9.95. The number of nitrogens with one attached hydrogen (secondary N) is 4. The van der Waals surface area contributed by atoms with E-state index in [9.17, 15) is 28.8 Å². The monoisotopic (exact) mass is 916 g/mol. The van der Waals surface area contributed by atoms with Gasteiger partial charge in [0.2, 0.25) is 17.7 Å². The number of nitrogens with zero attached hydrogens (tertiary/aromatic N) is 2. The van der Waals surface area contributed by atoms with Gasteiger partial charge in [0.15, 0.2) is 0 Å². The first-order chi connectivity index (χ1) is 31.9. The summed E-state index contributed by atoms with van der Waals surface area (Å²) in [5.74, 6) is -2.68. The van der Waals surface area contributed by atoms with Crippen molar-refractivity contribution >= 4 is 35.6 Å². The van der Waals surface area contributed by atoms with Crippen molar-refractivity contribution in [2.75, 3.05) is 53.6 Å². The molecule has 2 aromatic rings. The molecular weight excluding hydrogens is 847 g/mol. The first-order valence-electron chi connectivity index (χ1n) is 23.9. The number of carbonyl (C=O) groups is 6. The number of ether oxygens (including phenoxy) is 4. The maximum Gasteiger partial charge on any atom is 0.306 e. The summed E-state index contributed by atoms with van der Waals surface area (Å²) in [5, 5.41) is 11.0. The number of amides is 4. The third-order valence-electron chi connectivity index (χ3n) is 14.5. The molecule has 17 nitrogen and oxygen atoms in total. The van der Waals surface area contributed by atoms with Crippen molar-refractivity contribution in [1.82, 2.24) is 31.1 Å². The average Bonchev–Trinajstić information content (AvgIpc) is 4.11. The van der Waals surface area contributed by atoms with Crippen LogP contribution in [0, 0.1) is 23.7 Å². The van der Waals surface area contributed by atoms with Crippen molar-refractivity contribution in [2.45, 2.75) is 120 Å². The summed E-state index contributed by atoms with van der Waals surface area (Å²) in [5.41, 5.74) is 8.47. The fourth-order valence-electron chi connectivity index (χ4n) is 10.8. The molecule has 360 valence electrons. The highest BCUT2D eigenvalue weighted by molar-refractivity contribution is 5.91. The minimum absolute atomic E-state index is 0.0303. The van der Waals surface area contributed by atoms with Gasteiger partial charge in [0.05, 0.1) is 44.3 Å². The lowest BCUT2D eigenvalue weighted by Crippen LogP contribution is -2.58. The van der Waals surface area contributed by atoms with E-state index >= 15 is 0 Å². The maximum atomic E-state index is 14.6. The van der Waals surface area contributed by atoms with Gasteiger partial charge in [-0.3, -0.25) is 34.1 Å². The molecule has 2 saturated carbocycles. The topological polar surface area (TPSA) is 220 Å². The van der Waals surface area contributed by atoms with Crippen molar-refractivity contribution in [3.8, 4) is 0 Å². The summed E-state index contributed by atoms with van der Waals surface area (Å²) in [6.07, 6.45) is 4.48. The van der Waals surface area contributed by atoms with Gasteiger partial charge >= 0.3 is 11.9 Å². The van der Waals surface area contributed by atoms with Crippen LogP contribution in [0.15, 0.2) is 60.7 Å². The number of rotatable bonds is 12. The second kappa shape index (κ2) is 23.2. The minimum atomic E-state index is -1.26. The maximum absolute atomic E-state index is 14.6. The first kappa shape index (κ1) is 49.0. The molecule has 3 aliphatic heterocycles. The van der Waals surface area contributed by atoms with Crippen LogP contribution in [0.4, 0.5) is 0 Å². The van der Waals surface area contributed by atoms with Gasteiger partial charge in [-0.1, -0.05) is 60.7 Å². The Bertz CT molecular complexity index is 1840. The van der Waals surface area contributed by atoms with E-state index in [0.29, 0.717) is 18.4 Å². The van der Waals surface area contributed by atoms with Gasteiger partial charge in [-0.15, -0.1) is 0 Å². The highest BCUT2D eigenvalue weighted by Crippen LogP contribution is 2.46. The molecule has 6 N–H and O–H groups in total. The van der Waals surface area contributed by atoms with Crippen molar-refractivity contribution in [2.24, 2.45) is 29.4 Å². The van der Waals surface area contributed by atoms with E-state index in [-0.39, 0.29) is 68.2 Å². The third-order valence-corrected chi connectivity index (χ3v) is 14.5. The Balaban J connectivity index is 1.12. The number of likely N-dealkylation sites (N-methyl/N-ethyl adjacent to an activating group) is 2. The van der Waals surface area contributed by atoms with Gasteiger partial charge in [-0.2, -0.15) is 0 Å². The summed E-state index contributed by atoms with van der Waals surface area (Å²) in [4.78, 5) is 85.3. The van der Waals surface area contributed by atoms with Crippen molar-refractivity contribution < 1.29 is 47.7 Å². The normalized spacial score (nSPS) is 30.8. The van der Waals surface area contributed by atoms with Crippen LogP contribution in [0.1, 0.15) is 69.4 Å². The van der Waals surface area contributed by atoms with Crippen LogP contribution in [0.25, 0.3) is 0 Å². The standard InChI is InChI=1S/C49H69N7O10/c1-30(51-2)46(59)53-37-28-65-43(57)18-19-44(58)66-29-38(54-47(60)45(50)52-3)49(62)56-27-42(36-23-34(25-40(36)56)17-15-32-12-8-5-9-13-32)64-21-20-63-41-26-55(48(37)61)39-24-33(22-35(39)41)16-14-31-10-6-4-7-11-31/h4-13,30,33-42,45,51-52H,14-29,50H2,1-3H3,(H,53,59)(H,54,60)/t30-,33?,34?,35-,36-,37-,38-,39+,40+,41+,42+,45+/m0/s1. The summed E-state index contributed by atoms with van der Waals surface area (Å²) < 4.78 is 24.4. The summed E-state index contributed by atoms with van der Waals surface area (Å²) >= 11 is 0. The highest BCUT2D eigenvalue weighted by Gasteiger charge is 2.53. The molecule has 12 atom stereocenters. The molecule has 2 aromatic carbocycles. The van der Waals surface area contributed by atoms with Crippen LogP contribution in [0.5, 0.6) is 0 Å². The number of cyclic esters (lactones) is 2. The Kier molecular flexibility index (Phi) is 17.2. The van der Waals surface area contributed by atoms with E-state index in [2.05, 4.69) is 45.5 Å². The van der Waals surface area contributed by atoms with Crippen molar-refractivity contribution in [3.63, 3.8) is 0 Å². The lowest BCUT2D eigenvalue weighted by molar-refractivity contribution is -0.154. The number of carbonyl (C=O) groups excluding carboxylic acids is 6. The van der Waals surface area contributed by atoms with Gasteiger partial charge in [-0.05, 0) is 95.3 Å². The Morgan fingerprint density at radius 3 is 1.52 bits per heavy atom. The zero-order valence-corrected chi connectivity index (χ0v) is 38.6. The fourth-order valence-corrected chi connectivity index (χ4v) is 10.8. The molecule has 4 amide bonds. The molecule has 5 fully saturated rings. The van der Waals surface area contributed by atoms with Gasteiger partial charge in [0, 0.05) is 37.0 Å². The average molecular weight is 916 g/mol. The smallest absolute Gasteiger partial charge is 0.306 e. The van der Waals surface area contributed by atoms with Crippen LogP contribution in [0.2, 0.25) is 0 Å². The predicted molar refractivity (Wildman–Crippen MR) is 243 cm³/mol. The molecule has 0 aromatic heterocycles. The molecule has 7 rings (SSSR count). The predicted octanol–water partition coefficient (Wildman–Crippen LogP) is 1.46. The Morgan fingerprint density at radius 2 is 1.09 bits per heavy atom. The quantitative estimate of drug-likeness (QED) is 0.151. The molecule has 4 bridgehead atoms. The van der Waals surface area contributed by atoms with E-state index in [4.69, 9.17) is 24.7 Å². The molecule has 66 heavy (non-hydrogen) atoms. The zero-order chi connectivity index (χ0) is 46.7. The highest BCUT2D eigenvalue weighted by atomic mass is 16.5. The van der Waals surface area contributed by atoms with Gasteiger partial charge in [0.25, 0.3) is 5.91 Å². The van der Waals surface area contributed by atoms with Gasteiger partial charge < -0.3 is 50.4 Å². The Morgan fingerprint density at radius 1 is 0.652 bits per heavy atom. The molecule has 5 aliphatic rings. The molecule has 2 unspecified atom stereocenters.